The number of para-hydroxylation sites is 2. The lowest BCUT2D eigenvalue weighted by Crippen LogP contribution is -2.23. The highest BCUT2D eigenvalue weighted by Crippen LogP contribution is 2.23. The predicted octanol–water partition coefficient (Wildman–Crippen LogP) is 4.02. The first-order chi connectivity index (χ1) is 8.61. The van der Waals surface area contributed by atoms with Crippen molar-refractivity contribution in [3.8, 4) is 0 Å². The molecule has 0 atom stereocenters. The van der Waals surface area contributed by atoms with E-state index in [1.165, 1.54) is 0 Å². The van der Waals surface area contributed by atoms with Crippen molar-refractivity contribution in [2.24, 2.45) is 5.41 Å². The lowest BCUT2D eigenvalue weighted by atomic mass is 9.88. The number of alkyl halides is 1. The molecular formula is C14H20ClN3. The molecule has 3 nitrogen and oxygen atoms in total. The summed E-state index contributed by atoms with van der Waals surface area (Å²) in [5.41, 5.74) is 2.30. The molecule has 4 heteroatoms. The van der Waals surface area contributed by atoms with Crippen molar-refractivity contribution in [1.29, 1.82) is 0 Å². The van der Waals surface area contributed by atoms with E-state index in [2.05, 4.69) is 29.1 Å². The van der Waals surface area contributed by atoms with E-state index in [0.717, 1.165) is 42.2 Å². The third kappa shape index (κ3) is 3.39. The third-order valence-electron chi connectivity index (χ3n) is 3.11. The second-order valence-corrected chi connectivity index (χ2v) is 5.79. The molecule has 18 heavy (non-hydrogen) atoms. The molecule has 1 aromatic carbocycles. The van der Waals surface area contributed by atoms with Crippen molar-refractivity contribution in [1.82, 2.24) is 9.97 Å². The fraction of sp³-hybridized carbons (Fsp3) is 0.500. The van der Waals surface area contributed by atoms with Crippen molar-refractivity contribution in [3.05, 3.63) is 24.3 Å². The Kier molecular flexibility index (Phi) is 4.12. The van der Waals surface area contributed by atoms with Gasteiger partial charge in [0.2, 0.25) is 5.95 Å². The molecule has 0 radical (unpaired) electrons. The van der Waals surface area contributed by atoms with Gasteiger partial charge in [0.25, 0.3) is 0 Å². The van der Waals surface area contributed by atoms with E-state index in [1.807, 2.05) is 24.3 Å². The van der Waals surface area contributed by atoms with Gasteiger partial charge in [-0.25, -0.2) is 4.98 Å². The molecule has 0 saturated carbocycles. The number of fused-ring (bicyclic) bond motifs is 1. The van der Waals surface area contributed by atoms with Gasteiger partial charge >= 0.3 is 0 Å². The Balaban J connectivity index is 1.97. The summed E-state index contributed by atoms with van der Waals surface area (Å²) in [6.45, 7) is 5.38. The highest BCUT2D eigenvalue weighted by molar-refractivity contribution is 6.17. The number of aromatic amines is 1. The second-order valence-electron chi connectivity index (χ2n) is 5.41. The quantitative estimate of drug-likeness (QED) is 0.775. The fourth-order valence-corrected chi connectivity index (χ4v) is 2.13. The van der Waals surface area contributed by atoms with Crippen molar-refractivity contribution < 1.29 is 0 Å². The smallest absolute Gasteiger partial charge is 0.201 e. The van der Waals surface area contributed by atoms with Crippen LogP contribution in [0.15, 0.2) is 24.3 Å². The Morgan fingerprint density at radius 1 is 1.33 bits per heavy atom. The number of hydrogen-bond donors (Lipinski definition) is 2. The molecule has 2 rings (SSSR count). The van der Waals surface area contributed by atoms with Crippen LogP contribution in [0, 0.1) is 5.41 Å². The summed E-state index contributed by atoms with van der Waals surface area (Å²) in [5.74, 6) is 1.57. The maximum Gasteiger partial charge on any atom is 0.201 e. The molecule has 98 valence electrons. The average molecular weight is 266 g/mol. The summed E-state index contributed by atoms with van der Waals surface area (Å²) in [6, 6.07) is 8.05. The van der Waals surface area contributed by atoms with Crippen LogP contribution in [0.2, 0.25) is 0 Å². The van der Waals surface area contributed by atoms with E-state index in [1.54, 1.807) is 0 Å². The van der Waals surface area contributed by atoms with Gasteiger partial charge in [-0.3, -0.25) is 0 Å². The topological polar surface area (TPSA) is 40.7 Å². The summed E-state index contributed by atoms with van der Waals surface area (Å²) in [4.78, 5) is 7.78. The number of anilines is 1. The predicted molar refractivity (Wildman–Crippen MR) is 78.3 cm³/mol. The average Bonchev–Trinajstić information content (AvgIpc) is 2.77. The molecular weight excluding hydrogens is 246 g/mol. The van der Waals surface area contributed by atoms with E-state index in [4.69, 9.17) is 11.6 Å². The molecule has 1 heterocycles. The summed E-state index contributed by atoms with van der Waals surface area (Å²) >= 11 is 5.74. The maximum atomic E-state index is 5.74. The van der Waals surface area contributed by atoms with E-state index < -0.39 is 0 Å². The highest BCUT2D eigenvalue weighted by Gasteiger charge is 2.17. The first kappa shape index (κ1) is 13.2. The number of benzene rings is 1. The number of hydrogen-bond acceptors (Lipinski definition) is 2. The number of rotatable bonds is 6. The third-order valence-corrected chi connectivity index (χ3v) is 3.38. The Hall–Kier alpha value is -1.22. The van der Waals surface area contributed by atoms with Crippen LogP contribution in [0.25, 0.3) is 11.0 Å². The van der Waals surface area contributed by atoms with Crippen LogP contribution < -0.4 is 5.32 Å². The van der Waals surface area contributed by atoms with Crippen LogP contribution in [0.5, 0.6) is 0 Å². The van der Waals surface area contributed by atoms with Crippen LogP contribution in [0.4, 0.5) is 5.95 Å². The molecule has 1 aromatic heterocycles. The number of aromatic nitrogens is 2. The van der Waals surface area contributed by atoms with Crippen LogP contribution in [-0.4, -0.2) is 22.4 Å². The molecule has 2 N–H and O–H groups in total. The Bertz CT molecular complexity index is 471. The minimum Gasteiger partial charge on any atom is -0.355 e. The van der Waals surface area contributed by atoms with E-state index >= 15 is 0 Å². The summed E-state index contributed by atoms with van der Waals surface area (Å²) in [7, 11) is 0. The lowest BCUT2D eigenvalue weighted by Gasteiger charge is -2.24. The SMILES string of the molecule is CC(C)(CCCCl)CNc1nc2ccccc2[nH]1. The monoisotopic (exact) mass is 265 g/mol. The molecule has 0 amide bonds. The standard InChI is InChI=1S/C14H20ClN3/c1-14(2,8-5-9-15)10-16-13-17-11-6-3-4-7-12(11)18-13/h3-4,6-7H,5,8-10H2,1-2H3,(H2,16,17,18). The second kappa shape index (κ2) is 5.61. The van der Waals surface area contributed by atoms with Gasteiger partial charge in [0.1, 0.15) is 0 Å². The van der Waals surface area contributed by atoms with E-state index in [-0.39, 0.29) is 5.41 Å². The Morgan fingerprint density at radius 2 is 2.11 bits per heavy atom. The number of H-pyrrole nitrogens is 1. The zero-order valence-electron chi connectivity index (χ0n) is 11.0. The van der Waals surface area contributed by atoms with Crippen LogP contribution in [0.3, 0.4) is 0 Å². The number of halogens is 1. The van der Waals surface area contributed by atoms with E-state index in [0.29, 0.717) is 0 Å². The van der Waals surface area contributed by atoms with Crippen molar-refractivity contribution in [2.45, 2.75) is 26.7 Å². The minimum atomic E-state index is 0.230. The summed E-state index contributed by atoms with van der Waals surface area (Å²) in [6.07, 6.45) is 2.17. The number of nitrogens with zero attached hydrogens (tertiary/aromatic N) is 1. The molecule has 0 saturated heterocycles. The van der Waals surface area contributed by atoms with Crippen molar-refractivity contribution in [3.63, 3.8) is 0 Å². The molecule has 0 bridgehead atoms. The molecule has 2 aromatic rings. The Morgan fingerprint density at radius 3 is 2.83 bits per heavy atom. The maximum absolute atomic E-state index is 5.74. The normalized spacial score (nSPS) is 11.9. The minimum absolute atomic E-state index is 0.230. The highest BCUT2D eigenvalue weighted by atomic mass is 35.5. The molecule has 0 unspecified atom stereocenters. The van der Waals surface area contributed by atoms with Crippen LogP contribution in [0.1, 0.15) is 26.7 Å². The molecule has 0 aliphatic rings. The van der Waals surface area contributed by atoms with Crippen LogP contribution in [-0.2, 0) is 0 Å². The van der Waals surface area contributed by atoms with Crippen LogP contribution >= 0.6 is 11.6 Å². The van der Waals surface area contributed by atoms with Gasteiger partial charge in [0.05, 0.1) is 11.0 Å². The zero-order chi connectivity index (χ0) is 13.0. The van der Waals surface area contributed by atoms with Gasteiger partial charge in [0.15, 0.2) is 0 Å². The van der Waals surface area contributed by atoms with Crippen molar-refractivity contribution >= 4 is 28.6 Å². The van der Waals surface area contributed by atoms with Crippen molar-refractivity contribution in [2.75, 3.05) is 17.7 Å². The van der Waals surface area contributed by atoms with E-state index in [9.17, 15) is 0 Å². The van der Waals surface area contributed by atoms with Gasteiger partial charge in [0, 0.05) is 12.4 Å². The van der Waals surface area contributed by atoms with Gasteiger partial charge in [-0.05, 0) is 30.4 Å². The summed E-state index contributed by atoms with van der Waals surface area (Å²) in [5, 5.41) is 3.37. The number of imidazole rings is 1. The van der Waals surface area contributed by atoms with Gasteiger partial charge in [-0.1, -0.05) is 26.0 Å². The molecule has 0 aliphatic heterocycles. The Labute approximate surface area is 113 Å². The molecule has 0 spiro atoms. The van der Waals surface area contributed by atoms with Gasteiger partial charge in [-0.2, -0.15) is 0 Å². The first-order valence-corrected chi connectivity index (χ1v) is 6.89. The lowest BCUT2D eigenvalue weighted by molar-refractivity contribution is 0.355. The summed E-state index contributed by atoms with van der Waals surface area (Å²) < 4.78 is 0. The van der Waals surface area contributed by atoms with Gasteiger partial charge < -0.3 is 10.3 Å². The number of nitrogens with one attached hydrogen (secondary N) is 2. The zero-order valence-corrected chi connectivity index (χ0v) is 11.7. The van der Waals surface area contributed by atoms with Gasteiger partial charge in [-0.15, -0.1) is 11.6 Å². The molecule has 0 fully saturated rings. The first-order valence-electron chi connectivity index (χ1n) is 6.35. The largest absolute Gasteiger partial charge is 0.355 e. The molecule has 0 aliphatic carbocycles. The fourth-order valence-electron chi connectivity index (χ4n) is 1.99.